The summed E-state index contributed by atoms with van der Waals surface area (Å²) in [4.78, 5) is 26.1. The molecule has 3 nitrogen and oxygen atoms in total. The molecule has 2 aliphatic rings. The van der Waals surface area contributed by atoms with Crippen LogP contribution in [0, 0.1) is 5.41 Å². The molecule has 2 fully saturated rings. The summed E-state index contributed by atoms with van der Waals surface area (Å²) in [6.45, 7) is 0. The van der Waals surface area contributed by atoms with Crippen LogP contribution in [0.1, 0.15) is 32.1 Å². The van der Waals surface area contributed by atoms with Crippen molar-refractivity contribution in [3.05, 3.63) is 28.7 Å². The molecule has 3 rings (SSSR count). The number of hydrogen-bond donors (Lipinski definition) is 0. The molecular weight excluding hydrogens is 294 g/mol. The van der Waals surface area contributed by atoms with Gasteiger partial charge in [0.25, 0.3) is 0 Å². The second-order valence-electron chi connectivity index (χ2n) is 5.15. The quantitative estimate of drug-likeness (QED) is 0.747. The van der Waals surface area contributed by atoms with Crippen LogP contribution < -0.4 is 4.90 Å². The number of amides is 2. The van der Waals surface area contributed by atoms with Crippen molar-refractivity contribution >= 4 is 33.4 Å². The van der Waals surface area contributed by atoms with Crippen LogP contribution in [-0.2, 0) is 9.59 Å². The number of nitrogens with zero attached hydrogens (tertiary/aromatic N) is 1. The number of carbonyl (C=O) groups is 2. The first kappa shape index (κ1) is 11.9. The van der Waals surface area contributed by atoms with Crippen molar-refractivity contribution in [1.82, 2.24) is 0 Å². The first-order valence-corrected chi connectivity index (χ1v) is 7.05. The summed E-state index contributed by atoms with van der Waals surface area (Å²) >= 11 is 3.41. The van der Waals surface area contributed by atoms with Gasteiger partial charge in [-0.1, -0.05) is 25.0 Å². The van der Waals surface area contributed by atoms with E-state index in [9.17, 15) is 9.59 Å². The van der Waals surface area contributed by atoms with Crippen LogP contribution >= 0.6 is 15.9 Å². The maximum atomic E-state index is 12.6. The monoisotopic (exact) mass is 307 g/mol. The molecule has 1 heterocycles. The molecule has 0 bridgehead atoms. The zero-order valence-electron chi connectivity index (χ0n) is 9.99. The first-order chi connectivity index (χ1) is 8.64. The van der Waals surface area contributed by atoms with Gasteiger partial charge in [-0.15, -0.1) is 0 Å². The molecule has 1 saturated heterocycles. The van der Waals surface area contributed by atoms with Gasteiger partial charge >= 0.3 is 0 Å². The number of rotatable bonds is 1. The summed E-state index contributed by atoms with van der Waals surface area (Å²) in [5.41, 5.74) is 0.281. The predicted octanol–water partition coefficient (Wildman–Crippen LogP) is 3.27. The Hall–Kier alpha value is -1.16. The van der Waals surface area contributed by atoms with Crippen molar-refractivity contribution in [2.45, 2.75) is 32.1 Å². The van der Waals surface area contributed by atoms with Gasteiger partial charge in [0.1, 0.15) is 0 Å². The Labute approximate surface area is 114 Å². The maximum Gasteiger partial charge on any atom is 0.240 e. The molecule has 0 unspecified atom stereocenters. The van der Waals surface area contributed by atoms with E-state index in [1.807, 2.05) is 24.3 Å². The second kappa shape index (κ2) is 4.19. The molecule has 1 spiro atoms. The summed E-state index contributed by atoms with van der Waals surface area (Å²) in [7, 11) is 0. The number of halogens is 1. The molecule has 18 heavy (non-hydrogen) atoms. The molecule has 1 aromatic carbocycles. The van der Waals surface area contributed by atoms with E-state index in [1.54, 1.807) is 0 Å². The van der Waals surface area contributed by atoms with Crippen molar-refractivity contribution in [3.8, 4) is 0 Å². The molecule has 0 atom stereocenters. The summed E-state index contributed by atoms with van der Waals surface area (Å²) in [5, 5.41) is 0. The van der Waals surface area contributed by atoms with E-state index < -0.39 is 5.41 Å². The molecule has 1 aliphatic heterocycles. The largest absolute Gasteiger partial charge is 0.274 e. The smallest absolute Gasteiger partial charge is 0.240 e. The zero-order chi connectivity index (χ0) is 12.8. The van der Waals surface area contributed by atoms with E-state index in [-0.39, 0.29) is 11.8 Å². The Morgan fingerprint density at radius 2 is 1.78 bits per heavy atom. The number of carbonyl (C=O) groups excluding carboxylic acids is 2. The van der Waals surface area contributed by atoms with Crippen LogP contribution in [0.15, 0.2) is 28.7 Å². The lowest BCUT2D eigenvalue weighted by Crippen LogP contribution is -2.34. The molecule has 94 valence electrons. The Morgan fingerprint density at radius 3 is 2.44 bits per heavy atom. The van der Waals surface area contributed by atoms with Crippen molar-refractivity contribution in [2.75, 3.05) is 4.90 Å². The Bertz CT molecular complexity index is 520. The third kappa shape index (κ3) is 1.62. The first-order valence-electron chi connectivity index (χ1n) is 6.26. The molecule has 4 heteroatoms. The van der Waals surface area contributed by atoms with Gasteiger partial charge in [-0.3, -0.25) is 9.59 Å². The van der Waals surface area contributed by atoms with E-state index in [1.165, 1.54) is 4.90 Å². The van der Waals surface area contributed by atoms with Gasteiger partial charge in [0, 0.05) is 10.9 Å². The molecule has 0 radical (unpaired) electrons. The number of anilines is 1. The molecule has 2 amide bonds. The highest BCUT2D eigenvalue weighted by Gasteiger charge is 2.53. The lowest BCUT2D eigenvalue weighted by atomic mass is 9.84. The Kier molecular flexibility index (Phi) is 2.77. The van der Waals surface area contributed by atoms with Gasteiger partial charge in [0.15, 0.2) is 0 Å². The van der Waals surface area contributed by atoms with Crippen molar-refractivity contribution < 1.29 is 9.59 Å². The number of para-hydroxylation sites is 1. The van der Waals surface area contributed by atoms with Crippen molar-refractivity contribution in [3.63, 3.8) is 0 Å². The highest BCUT2D eigenvalue weighted by Crippen LogP contribution is 2.48. The van der Waals surface area contributed by atoms with Gasteiger partial charge < -0.3 is 0 Å². The summed E-state index contributed by atoms with van der Waals surface area (Å²) in [6, 6.07) is 7.40. The van der Waals surface area contributed by atoms with Crippen LogP contribution in [0.25, 0.3) is 0 Å². The average molecular weight is 308 g/mol. The van der Waals surface area contributed by atoms with Gasteiger partial charge in [-0.25, -0.2) is 4.90 Å². The summed E-state index contributed by atoms with van der Waals surface area (Å²) < 4.78 is 0.793. The van der Waals surface area contributed by atoms with Crippen LogP contribution in [-0.4, -0.2) is 11.8 Å². The van der Waals surface area contributed by atoms with Gasteiger partial charge in [-0.2, -0.15) is 0 Å². The third-order valence-corrected chi connectivity index (χ3v) is 4.72. The van der Waals surface area contributed by atoms with Gasteiger partial charge in [0.05, 0.1) is 11.1 Å². The normalized spacial score (nSPS) is 22.2. The number of hydrogen-bond acceptors (Lipinski definition) is 2. The predicted molar refractivity (Wildman–Crippen MR) is 72.2 cm³/mol. The maximum absolute atomic E-state index is 12.6. The van der Waals surface area contributed by atoms with E-state index >= 15 is 0 Å². The molecule has 0 aromatic heterocycles. The van der Waals surface area contributed by atoms with Crippen LogP contribution in [0.2, 0.25) is 0 Å². The Balaban J connectivity index is 2.01. The lowest BCUT2D eigenvalue weighted by Gasteiger charge is -2.21. The van der Waals surface area contributed by atoms with Crippen LogP contribution in [0.4, 0.5) is 5.69 Å². The van der Waals surface area contributed by atoms with Gasteiger partial charge in [0.2, 0.25) is 11.8 Å². The molecule has 1 aliphatic carbocycles. The fourth-order valence-corrected chi connectivity index (χ4v) is 3.58. The number of imide groups is 1. The van der Waals surface area contributed by atoms with Crippen molar-refractivity contribution in [2.24, 2.45) is 5.41 Å². The zero-order valence-corrected chi connectivity index (χ0v) is 11.6. The van der Waals surface area contributed by atoms with Crippen LogP contribution in [0.5, 0.6) is 0 Å². The van der Waals surface area contributed by atoms with Crippen molar-refractivity contribution in [1.29, 1.82) is 0 Å². The highest BCUT2D eigenvalue weighted by atomic mass is 79.9. The lowest BCUT2D eigenvalue weighted by molar-refractivity contribution is -0.125. The minimum atomic E-state index is -0.396. The minimum absolute atomic E-state index is 0.00287. The van der Waals surface area contributed by atoms with E-state index in [0.717, 1.165) is 30.2 Å². The van der Waals surface area contributed by atoms with E-state index in [2.05, 4.69) is 15.9 Å². The SMILES string of the molecule is O=C1CC2(CCCC2)C(=O)N1c1ccccc1Br. The summed E-state index contributed by atoms with van der Waals surface area (Å²) in [5.74, 6) is -0.0642. The fraction of sp³-hybridized carbons (Fsp3) is 0.429. The van der Waals surface area contributed by atoms with E-state index in [0.29, 0.717) is 12.1 Å². The molecular formula is C14H14BrNO2. The fourth-order valence-electron chi connectivity index (χ4n) is 3.11. The Morgan fingerprint density at radius 1 is 1.11 bits per heavy atom. The molecule has 1 saturated carbocycles. The van der Waals surface area contributed by atoms with Gasteiger partial charge in [-0.05, 0) is 40.9 Å². The standard InChI is InChI=1S/C14H14BrNO2/c15-10-5-1-2-6-11(10)16-12(17)9-14(13(16)18)7-3-4-8-14/h1-2,5-6H,3-4,7-9H2. The van der Waals surface area contributed by atoms with Crippen LogP contribution in [0.3, 0.4) is 0 Å². The summed E-state index contributed by atoms with van der Waals surface area (Å²) in [6.07, 6.45) is 4.22. The number of benzene rings is 1. The minimum Gasteiger partial charge on any atom is -0.274 e. The average Bonchev–Trinajstić information content (AvgIpc) is 2.89. The molecule has 0 N–H and O–H groups in total. The highest BCUT2D eigenvalue weighted by molar-refractivity contribution is 9.10. The van der Waals surface area contributed by atoms with E-state index in [4.69, 9.17) is 0 Å². The topological polar surface area (TPSA) is 37.4 Å². The molecule has 1 aromatic rings. The third-order valence-electron chi connectivity index (χ3n) is 4.05. The second-order valence-corrected chi connectivity index (χ2v) is 6.00.